The van der Waals surface area contributed by atoms with Crippen molar-refractivity contribution in [3.05, 3.63) is 123 Å². The molecular formula is C43H51Cl2N2P. The van der Waals surface area contributed by atoms with Gasteiger partial charge >= 0.3 is 0 Å². The van der Waals surface area contributed by atoms with Crippen LogP contribution < -0.4 is 9.80 Å². The molecule has 3 fully saturated rings. The first-order valence-electron chi connectivity index (χ1n) is 18.1. The Morgan fingerprint density at radius 1 is 0.688 bits per heavy atom. The van der Waals surface area contributed by atoms with Crippen LogP contribution in [-0.4, -0.2) is 21.3 Å². The molecule has 0 N–H and O–H groups in total. The molecule has 48 heavy (non-hydrogen) atoms. The normalized spacial score (nSPS) is 24.4. The SMILES string of the molecule is Cc1cc(C)c(N2C=CN(c3c(C)cc(C)cc3C)C2=C2C(=Cc3ccccc3)C(Cl)(P(C3CCCC3)C3CCCC3)CC2Cl)c(C)c1. The Kier molecular flexibility index (Phi) is 9.66. The maximum absolute atomic E-state index is 8.42. The zero-order valence-electron chi connectivity index (χ0n) is 29.6. The number of alkyl halides is 2. The van der Waals surface area contributed by atoms with E-state index in [2.05, 4.69) is 124 Å². The van der Waals surface area contributed by atoms with Crippen molar-refractivity contribution in [1.82, 2.24) is 0 Å². The molecular weight excluding hydrogens is 646 g/mol. The van der Waals surface area contributed by atoms with Crippen LogP contribution in [0, 0.1) is 41.5 Å². The van der Waals surface area contributed by atoms with Gasteiger partial charge in [-0.1, -0.05) is 99.3 Å². The van der Waals surface area contributed by atoms with Crippen LogP contribution in [0.2, 0.25) is 0 Å². The first-order valence-corrected chi connectivity index (χ1v) is 20.4. The van der Waals surface area contributed by atoms with Gasteiger partial charge in [0.1, 0.15) is 5.82 Å². The molecule has 1 heterocycles. The van der Waals surface area contributed by atoms with Gasteiger partial charge in [-0.15, -0.1) is 23.2 Å². The molecule has 0 aromatic heterocycles. The van der Waals surface area contributed by atoms with Gasteiger partial charge in [-0.25, -0.2) is 0 Å². The van der Waals surface area contributed by atoms with E-state index in [9.17, 15) is 0 Å². The van der Waals surface area contributed by atoms with E-state index in [0.29, 0.717) is 11.3 Å². The molecule has 5 heteroatoms. The van der Waals surface area contributed by atoms with Crippen molar-refractivity contribution in [3.63, 3.8) is 0 Å². The number of hydrogen-bond donors (Lipinski definition) is 0. The van der Waals surface area contributed by atoms with E-state index in [0.717, 1.165) is 12.2 Å². The van der Waals surface area contributed by atoms with Crippen LogP contribution in [0.4, 0.5) is 11.4 Å². The quantitative estimate of drug-likeness (QED) is 0.187. The summed E-state index contributed by atoms with van der Waals surface area (Å²) in [4.78, 5) is 4.87. The third-order valence-electron chi connectivity index (χ3n) is 11.2. The van der Waals surface area contributed by atoms with Crippen molar-refractivity contribution >= 4 is 48.6 Å². The first kappa shape index (κ1) is 34.0. The molecule has 1 aliphatic heterocycles. The summed E-state index contributed by atoms with van der Waals surface area (Å²) in [6.45, 7) is 13.4. The van der Waals surface area contributed by atoms with E-state index in [4.69, 9.17) is 23.2 Å². The molecule has 0 bridgehead atoms. The van der Waals surface area contributed by atoms with Gasteiger partial charge in [0.05, 0.1) is 21.4 Å². The fourth-order valence-electron chi connectivity index (χ4n) is 9.59. The minimum absolute atomic E-state index is 0.206. The van der Waals surface area contributed by atoms with Crippen molar-refractivity contribution in [3.8, 4) is 0 Å². The van der Waals surface area contributed by atoms with Crippen LogP contribution in [0.1, 0.15) is 96.7 Å². The highest BCUT2D eigenvalue weighted by molar-refractivity contribution is 7.63. The largest absolute Gasteiger partial charge is 0.301 e. The molecule has 252 valence electrons. The summed E-state index contributed by atoms with van der Waals surface area (Å²) in [6, 6.07) is 20.1. The Balaban J connectivity index is 1.52. The van der Waals surface area contributed by atoms with Gasteiger partial charge in [0.25, 0.3) is 0 Å². The van der Waals surface area contributed by atoms with E-state index in [1.54, 1.807) is 0 Å². The average Bonchev–Trinajstić information content (AvgIpc) is 3.84. The van der Waals surface area contributed by atoms with Gasteiger partial charge in [0.15, 0.2) is 0 Å². The molecule has 2 atom stereocenters. The van der Waals surface area contributed by atoms with Crippen molar-refractivity contribution < 1.29 is 0 Å². The number of anilines is 2. The second-order valence-electron chi connectivity index (χ2n) is 15.0. The number of rotatable bonds is 6. The predicted octanol–water partition coefficient (Wildman–Crippen LogP) is 12.9. The molecule has 0 spiro atoms. The number of aryl methyl sites for hydroxylation is 6. The predicted molar refractivity (Wildman–Crippen MR) is 211 cm³/mol. The zero-order valence-corrected chi connectivity index (χ0v) is 32.0. The summed E-state index contributed by atoms with van der Waals surface area (Å²) in [7, 11) is -0.499. The monoisotopic (exact) mass is 696 g/mol. The van der Waals surface area contributed by atoms with E-state index >= 15 is 0 Å². The number of hydrogen-bond acceptors (Lipinski definition) is 2. The Morgan fingerprint density at radius 2 is 1.12 bits per heavy atom. The molecule has 3 aromatic rings. The fraction of sp³-hybridized carbons (Fsp3) is 0.442. The van der Waals surface area contributed by atoms with Crippen LogP contribution in [0.15, 0.2) is 84.0 Å². The summed E-state index contributed by atoms with van der Waals surface area (Å²) in [5, 5.41) is -0.206. The lowest BCUT2D eigenvalue weighted by Crippen LogP contribution is -2.30. The van der Waals surface area contributed by atoms with Crippen molar-refractivity contribution in [2.24, 2.45) is 0 Å². The molecule has 2 nitrogen and oxygen atoms in total. The molecule has 3 aliphatic carbocycles. The molecule has 7 rings (SSSR count). The van der Waals surface area contributed by atoms with Gasteiger partial charge in [0.2, 0.25) is 0 Å². The molecule has 4 aliphatic rings. The number of nitrogens with zero attached hydrogens (tertiary/aromatic N) is 2. The fourth-order valence-corrected chi connectivity index (χ4v) is 15.8. The molecule has 0 saturated heterocycles. The third kappa shape index (κ3) is 6.10. The van der Waals surface area contributed by atoms with E-state index in [1.165, 1.54) is 113 Å². The summed E-state index contributed by atoms with van der Waals surface area (Å²) >= 11 is 16.2. The van der Waals surface area contributed by atoms with Gasteiger partial charge in [-0.2, -0.15) is 0 Å². The van der Waals surface area contributed by atoms with Gasteiger partial charge in [0, 0.05) is 18.0 Å². The number of benzene rings is 3. The maximum Gasteiger partial charge on any atom is 0.127 e. The Hall–Kier alpha value is -2.51. The van der Waals surface area contributed by atoms with Crippen LogP contribution in [0.3, 0.4) is 0 Å². The summed E-state index contributed by atoms with van der Waals surface area (Å²) < 4.78 is -0.474. The van der Waals surface area contributed by atoms with Crippen molar-refractivity contribution in [2.75, 3.05) is 9.80 Å². The van der Waals surface area contributed by atoms with Gasteiger partial charge < -0.3 is 9.80 Å². The standard InChI is InChI=1S/C43H51Cl2N2P/c1-28-22-30(3)40(31(4)23-28)46-20-21-47(41-32(5)24-29(2)25-33(41)6)42(46)39-37(26-34-14-8-7-9-15-34)43(45,27-38(39)44)48(35-16-10-11-17-35)36-18-12-13-19-36/h7-9,14-15,20-26,35-36,38H,10-13,16-19,27H2,1-6H3. The van der Waals surface area contributed by atoms with Crippen molar-refractivity contribution in [2.45, 2.75) is 121 Å². The molecule has 3 aromatic carbocycles. The molecule has 3 saturated carbocycles. The second kappa shape index (κ2) is 13.7. The third-order valence-corrected chi connectivity index (χ3v) is 16.4. The number of halogens is 2. The van der Waals surface area contributed by atoms with E-state index in [1.807, 2.05) is 0 Å². The topological polar surface area (TPSA) is 6.48 Å². The first-order chi connectivity index (χ1) is 23.1. The second-order valence-corrected chi connectivity index (χ2v) is 19.4. The van der Waals surface area contributed by atoms with Crippen LogP contribution in [0.25, 0.3) is 6.08 Å². The summed E-state index contributed by atoms with van der Waals surface area (Å²) in [6.07, 6.45) is 18.3. The minimum Gasteiger partial charge on any atom is -0.301 e. The average molecular weight is 698 g/mol. The number of allylic oxidation sites excluding steroid dienone is 2. The summed E-state index contributed by atoms with van der Waals surface area (Å²) in [5.41, 5.74) is 15.2. The lowest BCUT2D eigenvalue weighted by Gasteiger charge is -2.42. The van der Waals surface area contributed by atoms with Crippen LogP contribution >= 0.6 is 31.1 Å². The van der Waals surface area contributed by atoms with Gasteiger partial charge in [-0.05, 0) is 124 Å². The van der Waals surface area contributed by atoms with E-state index in [-0.39, 0.29) is 5.38 Å². The maximum atomic E-state index is 8.42. The lowest BCUT2D eigenvalue weighted by molar-refractivity contribution is 0.777. The van der Waals surface area contributed by atoms with Crippen LogP contribution in [0.5, 0.6) is 0 Å². The molecule has 2 unspecified atom stereocenters. The Morgan fingerprint density at radius 3 is 1.56 bits per heavy atom. The smallest absolute Gasteiger partial charge is 0.127 e. The molecule has 0 amide bonds. The summed E-state index contributed by atoms with van der Waals surface area (Å²) in [5.74, 6) is 1.14. The van der Waals surface area contributed by atoms with Gasteiger partial charge in [-0.3, -0.25) is 0 Å². The highest BCUT2D eigenvalue weighted by Crippen LogP contribution is 2.74. The minimum atomic E-state index is -0.499. The van der Waals surface area contributed by atoms with E-state index < -0.39 is 12.5 Å². The van der Waals surface area contributed by atoms with Crippen molar-refractivity contribution in [1.29, 1.82) is 0 Å². The molecule has 0 radical (unpaired) electrons. The Labute approximate surface area is 300 Å². The highest BCUT2D eigenvalue weighted by atomic mass is 35.5. The highest BCUT2D eigenvalue weighted by Gasteiger charge is 2.56. The lowest BCUT2D eigenvalue weighted by atomic mass is 10.0. The van der Waals surface area contributed by atoms with Crippen LogP contribution in [-0.2, 0) is 0 Å². The zero-order chi connectivity index (χ0) is 33.7. The Bertz CT molecular complexity index is 1650.